The van der Waals surface area contributed by atoms with Crippen molar-refractivity contribution in [1.82, 2.24) is 5.32 Å². The molecule has 0 bridgehead atoms. The normalized spacial score (nSPS) is 11.9. The van der Waals surface area contributed by atoms with Crippen LogP contribution in [0, 0.1) is 5.82 Å². The molecule has 17 heavy (non-hydrogen) atoms. The van der Waals surface area contributed by atoms with Crippen molar-refractivity contribution in [2.45, 2.75) is 6.04 Å². The summed E-state index contributed by atoms with van der Waals surface area (Å²) in [5.41, 5.74) is -0.660. The summed E-state index contributed by atoms with van der Waals surface area (Å²) in [5.74, 6) is -4.16. The number of benzene rings is 1. The van der Waals surface area contributed by atoms with Gasteiger partial charge in [-0.25, -0.2) is 9.18 Å². The van der Waals surface area contributed by atoms with Crippen LogP contribution in [0.2, 0.25) is 0 Å². The molecule has 0 aliphatic heterocycles. The number of phenols is 1. The molecule has 0 fully saturated rings. The van der Waals surface area contributed by atoms with Crippen LogP contribution in [0.25, 0.3) is 0 Å². The molecule has 1 unspecified atom stereocenters. The van der Waals surface area contributed by atoms with Crippen LogP contribution in [0.1, 0.15) is 10.4 Å². The van der Waals surface area contributed by atoms with Crippen molar-refractivity contribution in [3.63, 3.8) is 0 Å². The Kier molecular flexibility index (Phi) is 4.00. The van der Waals surface area contributed by atoms with Crippen molar-refractivity contribution in [2.75, 3.05) is 6.61 Å². The molecular formula is C10H10FNO5. The molecule has 6 nitrogen and oxygen atoms in total. The minimum absolute atomic E-state index is 0.607. The van der Waals surface area contributed by atoms with Crippen molar-refractivity contribution in [3.8, 4) is 5.75 Å². The first-order valence-corrected chi connectivity index (χ1v) is 4.59. The maximum absolute atomic E-state index is 13.2. The Morgan fingerprint density at radius 3 is 2.53 bits per heavy atom. The lowest BCUT2D eigenvalue weighted by Crippen LogP contribution is -2.43. The van der Waals surface area contributed by atoms with Gasteiger partial charge in [-0.05, 0) is 12.1 Å². The smallest absolute Gasteiger partial charge is 0.328 e. The standard InChI is InChI=1S/C10H10FNO5/c11-5-2-1-3-7(14)8(5)9(15)12-6(4-13)10(16)17/h1-3,6,13-14H,4H2,(H,12,15)(H,16,17). The maximum Gasteiger partial charge on any atom is 0.328 e. The van der Waals surface area contributed by atoms with E-state index in [4.69, 9.17) is 10.2 Å². The highest BCUT2D eigenvalue weighted by atomic mass is 19.1. The third kappa shape index (κ3) is 2.91. The van der Waals surface area contributed by atoms with E-state index in [-0.39, 0.29) is 0 Å². The van der Waals surface area contributed by atoms with E-state index in [1.165, 1.54) is 6.07 Å². The third-order valence-electron chi connectivity index (χ3n) is 2.00. The zero-order chi connectivity index (χ0) is 13.0. The van der Waals surface area contributed by atoms with Crippen molar-refractivity contribution < 1.29 is 29.3 Å². The van der Waals surface area contributed by atoms with Gasteiger partial charge in [0.2, 0.25) is 0 Å². The molecule has 0 aliphatic rings. The van der Waals surface area contributed by atoms with Gasteiger partial charge >= 0.3 is 5.97 Å². The van der Waals surface area contributed by atoms with Crippen LogP contribution in [-0.4, -0.2) is 39.8 Å². The minimum atomic E-state index is -1.55. The summed E-state index contributed by atoms with van der Waals surface area (Å²) in [7, 11) is 0. The fourth-order valence-corrected chi connectivity index (χ4v) is 1.15. The molecule has 4 N–H and O–H groups in total. The summed E-state index contributed by atoms with van der Waals surface area (Å²) >= 11 is 0. The lowest BCUT2D eigenvalue weighted by molar-refractivity contribution is -0.140. The Labute approximate surface area is 95.3 Å². The maximum atomic E-state index is 13.2. The first kappa shape index (κ1) is 12.9. The van der Waals surface area contributed by atoms with Gasteiger partial charge in [0.15, 0.2) is 6.04 Å². The predicted octanol–water partition coefficient (Wildman–Crippen LogP) is -0.293. The average molecular weight is 243 g/mol. The molecule has 1 amide bonds. The van der Waals surface area contributed by atoms with Crippen molar-refractivity contribution in [2.24, 2.45) is 0 Å². The van der Waals surface area contributed by atoms with Crippen LogP contribution in [0.5, 0.6) is 5.75 Å². The van der Waals surface area contributed by atoms with Gasteiger partial charge in [-0.1, -0.05) is 6.07 Å². The highest BCUT2D eigenvalue weighted by Gasteiger charge is 2.23. The molecule has 0 saturated carbocycles. The number of aliphatic hydroxyl groups excluding tert-OH is 1. The summed E-state index contributed by atoms with van der Waals surface area (Å²) in [6, 6.07) is 1.68. The molecule has 0 saturated heterocycles. The number of hydrogen-bond donors (Lipinski definition) is 4. The van der Waals surface area contributed by atoms with E-state index >= 15 is 0 Å². The van der Waals surface area contributed by atoms with Crippen LogP contribution < -0.4 is 5.32 Å². The van der Waals surface area contributed by atoms with Gasteiger partial charge in [0.25, 0.3) is 5.91 Å². The number of rotatable bonds is 4. The predicted molar refractivity (Wildman–Crippen MR) is 54.0 cm³/mol. The van der Waals surface area contributed by atoms with Crippen molar-refractivity contribution in [3.05, 3.63) is 29.6 Å². The summed E-state index contributed by atoms with van der Waals surface area (Å²) in [5, 5.41) is 28.4. The summed E-state index contributed by atoms with van der Waals surface area (Å²) in [6.45, 7) is -0.837. The second kappa shape index (κ2) is 5.26. The van der Waals surface area contributed by atoms with E-state index in [1.807, 2.05) is 5.32 Å². The Morgan fingerprint density at radius 1 is 1.41 bits per heavy atom. The zero-order valence-electron chi connectivity index (χ0n) is 8.55. The molecule has 0 spiro atoms. The number of aliphatic hydroxyl groups is 1. The van der Waals surface area contributed by atoms with Crippen LogP contribution in [0.4, 0.5) is 4.39 Å². The quantitative estimate of drug-likeness (QED) is 0.581. The summed E-state index contributed by atoms with van der Waals surface area (Å²) in [6.07, 6.45) is 0. The molecule has 1 atom stereocenters. The number of carbonyl (C=O) groups excluding carboxylic acids is 1. The zero-order valence-corrected chi connectivity index (χ0v) is 8.55. The summed E-state index contributed by atoms with van der Waals surface area (Å²) < 4.78 is 13.2. The monoisotopic (exact) mass is 243 g/mol. The number of amides is 1. The molecule has 1 rings (SSSR count). The molecule has 1 aromatic rings. The number of carboxylic acid groups (broad SMARTS) is 1. The lowest BCUT2D eigenvalue weighted by atomic mass is 10.1. The molecule has 1 aromatic carbocycles. The fourth-order valence-electron chi connectivity index (χ4n) is 1.15. The van der Waals surface area contributed by atoms with Crippen LogP contribution >= 0.6 is 0 Å². The van der Waals surface area contributed by atoms with Gasteiger partial charge in [0, 0.05) is 0 Å². The first-order valence-electron chi connectivity index (χ1n) is 4.59. The molecule has 0 heterocycles. The number of hydrogen-bond acceptors (Lipinski definition) is 4. The number of aromatic hydroxyl groups is 1. The Bertz CT molecular complexity index is 428. The Balaban J connectivity index is 2.94. The van der Waals surface area contributed by atoms with E-state index in [2.05, 4.69) is 0 Å². The van der Waals surface area contributed by atoms with Gasteiger partial charge in [-0.3, -0.25) is 4.79 Å². The molecule has 92 valence electrons. The largest absolute Gasteiger partial charge is 0.507 e. The first-order chi connectivity index (χ1) is 7.97. The number of halogens is 1. The van der Waals surface area contributed by atoms with Gasteiger partial charge in [-0.15, -0.1) is 0 Å². The molecular weight excluding hydrogens is 233 g/mol. The molecule has 0 aromatic heterocycles. The Morgan fingerprint density at radius 2 is 2.06 bits per heavy atom. The van der Waals surface area contributed by atoms with Crippen LogP contribution in [0.15, 0.2) is 18.2 Å². The molecule has 0 aliphatic carbocycles. The van der Waals surface area contributed by atoms with E-state index in [0.29, 0.717) is 0 Å². The van der Waals surface area contributed by atoms with Gasteiger partial charge in [0.05, 0.1) is 6.61 Å². The van der Waals surface area contributed by atoms with Crippen LogP contribution in [0.3, 0.4) is 0 Å². The molecule has 7 heteroatoms. The number of phenolic OH excluding ortho intramolecular Hbond substituents is 1. The topological polar surface area (TPSA) is 107 Å². The minimum Gasteiger partial charge on any atom is -0.507 e. The average Bonchev–Trinajstić information content (AvgIpc) is 2.25. The highest BCUT2D eigenvalue weighted by Crippen LogP contribution is 2.19. The Hall–Kier alpha value is -2.15. The van der Waals surface area contributed by atoms with Gasteiger partial charge in [0.1, 0.15) is 17.1 Å². The highest BCUT2D eigenvalue weighted by molar-refractivity contribution is 5.99. The third-order valence-corrected chi connectivity index (χ3v) is 2.00. The van der Waals surface area contributed by atoms with Gasteiger partial charge < -0.3 is 20.6 Å². The van der Waals surface area contributed by atoms with E-state index in [1.54, 1.807) is 0 Å². The van der Waals surface area contributed by atoms with E-state index in [9.17, 15) is 19.1 Å². The number of carbonyl (C=O) groups is 2. The lowest BCUT2D eigenvalue weighted by Gasteiger charge is -2.12. The second-order valence-electron chi connectivity index (χ2n) is 3.18. The summed E-state index contributed by atoms with van der Waals surface area (Å²) in [4.78, 5) is 22.0. The van der Waals surface area contributed by atoms with Crippen molar-refractivity contribution in [1.29, 1.82) is 0 Å². The second-order valence-corrected chi connectivity index (χ2v) is 3.18. The van der Waals surface area contributed by atoms with Gasteiger partial charge in [-0.2, -0.15) is 0 Å². The van der Waals surface area contributed by atoms with E-state index < -0.39 is 41.7 Å². The number of carboxylic acids is 1. The SMILES string of the molecule is O=C(NC(CO)C(=O)O)c1c(O)cccc1F. The number of aliphatic carboxylic acids is 1. The molecule has 0 radical (unpaired) electrons. The fraction of sp³-hybridized carbons (Fsp3) is 0.200. The number of nitrogens with one attached hydrogen (secondary N) is 1. The van der Waals surface area contributed by atoms with Crippen molar-refractivity contribution >= 4 is 11.9 Å². The van der Waals surface area contributed by atoms with Crippen LogP contribution in [-0.2, 0) is 4.79 Å². The van der Waals surface area contributed by atoms with E-state index in [0.717, 1.165) is 12.1 Å².